The van der Waals surface area contributed by atoms with Gasteiger partial charge in [-0.25, -0.2) is 4.79 Å². The Balaban J connectivity index is 2.55. The van der Waals surface area contributed by atoms with Crippen LogP contribution in [0.2, 0.25) is 0 Å². The maximum Gasteiger partial charge on any atom is 0.340 e. The Morgan fingerprint density at radius 2 is 2.00 bits per heavy atom. The van der Waals surface area contributed by atoms with Crippen molar-refractivity contribution < 1.29 is 14.3 Å². The highest BCUT2D eigenvalue weighted by molar-refractivity contribution is 9.10. The second-order valence-electron chi connectivity index (χ2n) is 5.84. The lowest BCUT2D eigenvalue weighted by molar-refractivity contribution is -0.136. The molecule has 1 aromatic rings. The van der Waals surface area contributed by atoms with Crippen LogP contribution >= 0.6 is 15.9 Å². The molecule has 0 N–H and O–H groups in total. The van der Waals surface area contributed by atoms with Crippen LogP contribution < -0.4 is 0 Å². The van der Waals surface area contributed by atoms with Gasteiger partial charge in [0.2, 0.25) is 0 Å². The van der Waals surface area contributed by atoms with Crippen LogP contribution in [-0.4, -0.2) is 30.4 Å². The van der Waals surface area contributed by atoms with Crippen LogP contribution in [0.4, 0.5) is 0 Å². The van der Waals surface area contributed by atoms with Crippen molar-refractivity contribution in [1.82, 2.24) is 4.90 Å². The topological polar surface area (TPSA) is 46.6 Å². The first-order chi connectivity index (χ1) is 10.9. The molecule has 0 bridgehead atoms. The van der Waals surface area contributed by atoms with Crippen molar-refractivity contribution in [3.05, 3.63) is 51.1 Å². The first-order valence-corrected chi connectivity index (χ1v) is 8.23. The highest BCUT2D eigenvalue weighted by atomic mass is 79.9. The van der Waals surface area contributed by atoms with Crippen LogP contribution in [-0.2, 0) is 14.3 Å². The average Bonchev–Trinajstić information content (AvgIpc) is 2.73. The zero-order valence-corrected chi connectivity index (χ0v) is 15.3. The number of methoxy groups -OCH3 is 1. The van der Waals surface area contributed by atoms with Gasteiger partial charge in [-0.05, 0) is 30.5 Å². The van der Waals surface area contributed by atoms with Crippen molar-refractivity contribution in [2.45, 2.75) is 20.8 Å². The Labute approximate surface area is 144 Å². The van der Waals surface area contributed by atoms with Crippen LogP contribution in [0, 0.1) is 5.92 Å². The molecule has 0 aromatic heterocycles. The minimum atomic E-state index is -0.486. The molecule has 2 rings (SSSR count). The van der Waals surface area contributed by atoms with Gasteiger partial charge in [0.15, 0.2) is 0 Å². The van der Waals surface area contributed by atoms with Crippen LogP contribution in [0.1, 0.15) is 26.3 Å². The Bertz CT molecular complexity index is 704. The molecular formula is C18H20BrNO3. The molecule has 0 radical (unpaired) electrons. The summed E-state index contributed by atoms with van der Waals surface area (Å²) in [4.78, 5) is 26.6. The van der Waals surface area contributed by atoms with Gasteiger partial charge in [-0.15, -0.1) is 0 Å². The number of allylic oxidation sites excluding steroid dienone is 1. The van der Waals surface area contributed by atoms with E-state index < -0.39 is 5.97 Å². The SMILES string of the molecule is COC(=O)C1=C(C)N(CC(C)C)C(=O)/C1=C\c1ccccc1Br. The van der Waals surface area contributed by atoms with Crippen LogP contribution in [0.25, 0.3) is 6.08 Å². The lowest BCUT2D eigenvalue weighted by atomic mass is 10.0. The molecule has 1 amide bonds. The standard InChI is InChI=1S/C18H20BrNO3/c1-11(2)10-20-12(3)16(18(22)23-4)14(17(20)21)9-13-7-5-6-8-15(13)19/h5-9,11H,10H2,1-4H3/b14-9-. The summed E-state index contributed by atoms with van der Waals surface area (Å²) in [5.41, 5.74) is 2.21. The number of carbonyl (C=O) groups is 2. The third-order valence-electron chi connectivity index (χ3n) is 3.65. The molecule has 122 valence electrons. The zero-order valence-electron chi connectivity index (χ0n) is 13.7. The van der Waals surface area contributed by atoms with E-state index in [1.807, 2.05) is 38.1 Å². The maximum absolute atomic E-state index is 12.8. The second kappa shape index (κ2) is 7.13. The van der Waals surface area contributed by atoms with Crippen molar-refractivity contribution in [2.75, 3.05) is 13.7 Å². The van der Waals surface area contributed by atoms with Crippen molar-refractivity contribution in [1.29, 1.82) is 0 Å². The minimum Gasteiger partial charge on any atom is -0.465 e. The summed E-state index contributed by atoms with van der Waals surface area (Å²) >= 11 is 3.47. The molecule has 0 aliphatic carbocycles. The van der Waals surface area contributed by atoms with E-state index in [1.54, 1.807) is 17.9 Å². The maximum atomic E-state index is 12.8. The van der Waals surface area contributed by atoms with Gasteiger partial charge < -0.3 is 9.64 Å². The summed E-state index contributed by atoms with van der Waals surface area (Å²) in [5, 5.41) is 0. The number of hydrogen-bond acceptors (Lipinski definition) is 3. The molecule has 0 saturated heterocycles. The molecule has 1 aliphatic rings. The quantitative estimate of drug-likeness (QED) is 0.592. The predicted molar refractivity (Wildman–Crippen MR) is 93.4 cm³/mol. The molecule has 0 atom stereocenters. The lowest BCUT2D eigenvalue weighted by Crippen LogP contribution is -2.28. The van der Waals surface area contributed by atoms with Crippen LogP contribution in [0.5, 0.6) is 0 Å². The fourth-order valence-electron chi connectivity index (χ4n) is 2.56. The molecule has 0 saturated carbocycles. The summed E-state index contributed by atoms with van der Waals surface area (Å²) in [6, 6.07) is 7.57. The van der Waals surface area contributed by atoms with Crippen LogP contribution in [0.3, 0.4) is 0 Å². The lowest BCUT2D eigenvalue weighted by Gasteiger charge is -2.19. The van der Waals surface area contributed by atoms with Gasteiger partial charge in [0.25, 0.3) is 5.91 Å². The van der Waals surface area contributed by atoms with Gasteiger partial charge in [-0.1, -0.05) is 48.0 Å². The molecule has 5 heteroatoms. The van der Waals surface area contributed by atoms with E-state index in [1.165, 1.54) is 7.11 Å². The molecular weight excluding hydrogens is 358 g/mol. The first kappa shape index (κ1) is 17.5. The van der Waals surface area contributed by atoms with E-state index in [-0.39, 0.29) is 5.91 Å². The number of amides is 1. The highest BCUT2D eigenvalue weighted by Gasteiger charge is 2.37. The second-order valence-corrected chi connectivity index (χ2v) is 6.70. The van der Waals surface area contributed by atoms with E-state index in [2.05, 4.69) is 15.9 Å². The van der Waals surface area contributed by atoms with Gasteiger partial charge in [0.1, 0.15) is 0 Å². The number of nitrogens with zero attached hydrogens (tertiary/aromatic N) is 1. The van der Waals surface area contributed by atoms with Crippen molar-refractivity contribution >= 4 is 33.9 Å². The summed E-state index contributed by atoms with van der Waals surface area (Å²) in [5.74, 6) is -0.344. The molecule has 1 heterocycles. The van der Waals surface area contributed by atoms with E-state index in [9.17, 15) is 9.59 Å². The minimum absolute atomic E-state index is 0.160. The smallest absolute Gasteiger partial charge is 0.340 e. The number of carbonyl (C=O) groups excluding carboxylic acids is 2. The van der Waals surface area contributed by atoms with E-state index >= 15 is 0 Å². The Hall–Kier alpha value is -1.88. The summed E-state index contributed by atoms with van der Waals surface area (Å²) in [6.45, 7) is 6.42. The van der Waals surface area contributed by atoms with Crippen LogP contribution in [0.15, 0.2) is 45.6 Å². The first-order valence-electron chi connectivity index (χ1n) is 7.44. The van der Waals surface area contributed by atoms with Crippen molar-refractivity contribution in [2.24, 2.45) is 5.92 Å². The van der Waals surface area contributed by atoms with E-state index in [4.69, 9.17) is 4.74 Å². The fraction of sp³-hybridized carbons (Fsp3) is 0.333. The van der Waals surface area contributed by atoms with Gasteiger partial charge >= 0.3 is 5.97 Å². The Morgan fingerprint density at radius 1 is 1.35 bits per heavy atom. The largest absolute Gasteiger partial charge is 0.465 e. The normalized spacial score (nSPS) is 16.7. The van der Waals surface area contributed by atoms with Gasteiger partial charge in [-0.2, -0.15) is 0 Å². The van der Waals surface area contributed by atoms with Gasteiger partial charge in [-0.3, -0.25) is 4.79 Å². The van der Waals surface area contributed by atoms with Crippen molar-refractivity contribution in [3.8, 4) is 0 Å². The molecule has 0 fully saturated rings. The van der Waals surface area contributed by atoms with Gasteiger partial charge in [0, 0.05) is 16.7 Å². The number of esters is 1. The molecule has 1 aromatic carbocycles. The molecule has 4 nitrogen and oxygen atoms in total. The number of halogens is 1. The number of benzene rings is 1. The Kier molecular flexibility index (Phi) is 5.42. The summed E-state index contributed by atoms with van der Waals surface area (Å²) in [6.07, 6.45) is 1.74. The molecule has 0 unspecified atom stereocenters. The monoisotopic (exact) mass is 377 g/mol. The average molecular weight is 378 g/mol. The third-order valence-corrected chi connectivity index (χ3v) is 4.38. The van der Waals surface area contributed by atoms with E-state index in [0.29, 0.717) is 29.3 Å². The number of ether oxygens (including phenoxy) is 1. The summed E-state index contributed by atoms with van der Waals surface area (Å²) in [7, 11) is 1.33. The highest BCUT2D eigenvalue weighted by Crippen LogP contribution is 2.33. The third kappa shape index (κ3) is 3.55. The van der Waals surface area contributed by atoms with Crippen molar-refractivity contribution in [3.63, 3.8) is 0 Å². The van der Waals surface area contributed by atoms with E-state index in [0.717, 1.165) is 10.0 Å². The molecule has 1 aliphatic heterocycles. The number of hydrogen-bond donors (Lipinski definition) is 0. The Morgan fingerprint density at radius 3 is 2.57 bits per heavy atom. The molecule has 23 heavy (non-hydrogen) atoms. The predicted octanol–water partition coefficient (Wildman–Crippen LogP) is 3.78. The van der Waals surface area contributed by atoms with Gasteiger partial charge in [0.05, 0.1) is 18.3 Å². The summed E-state index contributed by atoms with van der Waals surface area (Å²) < 4.78 is 5.74. The zero-order chi connectivity index (χ0) is 17.1. The number of rotatable bonds is 4. The fourth-order valence-corrected chi connectivity index (χ4v) is 2.96. The molecule has 0 spiro atoms.